The molecule has 0 aliphatic rings. The molecular weight excluding hydrogens is 170 g/mol. The number of hydrogen-bond donors (Lipinski definition) is 1. The van der Waals surface area contributed by atoms with Gasteiger partial charge in [-0.25, -0.2) is 0 Å². The van der Waals surface area contributed by atoms with Crippen molar-refractivity contribution in [1.29, 1.82) is 0 Å². The molecule has 66 valence electrons. The van der Waals surface area contributed by atoms with E-state index in [0.717, 1.165) is 4.88 Å². The van der Waals surface area contributed by atoms with Crippen LogP contribution in [0.3, 0.4) is 0 Å². The predicted molar refractivity (Wildman–Crippen MR) is 51.9 cm³/mol. The number of hydrogen-bond acceptors (Lipinski definition) is 3. The molecule has 3 heteroatoms. The van der Waals surface area contributed by atoms with Gasteiger partial charge in [0.1, 0.15) is 0 Å². The molecule has 0 saturated carbocycles. The second-order valence-corrected chi connectivity index (χ2v) is 4.07. The number of Topliss-reactive ketones (excluding diaryl/α,β-unsaturated/α-hetero) is 1. The molecule has 1 aromatic rings. The molecule has 0 fully saturated rings. The predicted octanol–water partition coefficient (Wildman–Crippen LogP) is 1.85. The van der Waals surface area contributed by atoms with E-state index in [1.165, 1.54) is 4.88 Å². The van der Waals surface area contributed by atoms with Gasteiger partial charge in [-0.15, -0.1) is 11.3 Å². The second-order valence-electron chi connectivity index (χ2n) is 2.78. The SMILES string of the molecule is CNC(C)C(=O)c1ccc(C)s1. The number of thiophene rings is 1. The molecule has 2 nitrogen and oxygen atoms in total. The number of aryl methyl sites for hydroxylation is 1. The van der Waals surface area contributed by atoms with Crippen LogP contribution in [0.1, 0.15) is 21.5 Å². The van der Waals surface area contributed by atoms with E-state index < -0.39 is 0 Å². The first-order valence-corrected chi connectivity index (χ1v) is 4.74. The van der Waals surface area contributed by atoms with Gasteiger partial charge in [0, 0.05) is 4.88 Å². The van der Waals surface area contributed by atoms with Gasteiger partial charge in [0.2, 0.25) is 0 Å². The van der Waals surface area contributed by atoms with Gasteiger partial charge in [-0.2, -0.15) is 0 Å². The summed E-state index contributed by atoms with van der Waals surface area (Å²) in [5, 5.41) is 2.93. The van der Waals surface area contributed by atoms with Crippen LogP contribution in [0.5, 0.6) is 0 Å². The molecule has 12 heavy (non-hydrogen) atoms. The van der Waals surface area contributed by atoms with Gasteiger partial charge in [-0.3, -0.25) is 4.79 Å². The molecule has 0 aliphatic carbocycles. The first-order valence-electron chi connectivity index (χ1n) is 3.93. The Bertz CT molecular complexity index is 280. The maximum atomic E-state index is 11.5. The Labute approximate surface area is 76.6 Å². The molecule has 1 N–H and O–H groups in total. The molecule has 0 amide bonds. The molecule has 0 saturated heterocycles. The lowest BCUT2D eigenvalue weighted by atomic mass is 10.2. The Morgan fingerprint density at radius 2 is 2.25 bits per heavy atom. The Morgan fingerprint density at radius 1 is 1.58 bits per heavy atom. The fraction of sp³-hybridized carbons (Fsp3) is 0.444. The Balaban J connectivity index is 2.78. The zero-order valence-corrected chi connectivity index (χ0v) is 8.37. The molecule has 1 heterocycles. The third kappa shape index (κ3) is 1.93. The first kappa shape index (κ1) is 9.42. The van der Waals surface area contributed by atoms with Crippen molar-refractivity contribution >= 4 is 17.1 Å². The van der Waals surface area contributed by atoms with Crippen LogP contribution in [-0.2, 0) is 0 Å². The maximum absolute atomic E-state index is 11.5. The standard InChI is InChI=1S/C9H13NOS/c1-6-4-5-8(12-6)9(11)7(2)10-3/h4-5,7,10H,1-3H3. The van der Waals surface area contributed by atoms with E-state index >= 15 is 0 Å². The Hall–Kier alpha value is -0.670. The van der Waals surface area contributed by atoms with Crippen LogP contribution in [0.4, 0.5) is 0 Å². The van der Waals surface area contributed by atoms with E-state index in [9.17, 15) is 4.79 Å². The van der Waals surface area contributed by atoms with Gasteiger partial charge < -0.3 is 5.32 Å². The van der Waals surface area contributed by atoms with Crippen molar-refractivity contribution in [3.8, 4) is 0 Å². The normalized spacial score (nSPS) is 12.9. The number of nitrogens with one attached hydrogen (secondary N) is 1. The quantitative estimate of drug-likeness (QED) is 0.724. The summed E-state index contributed by atoms with van der Waals surface area (Å²) in [4.78, 5) is 13.6. The molecule has 0 aromatic carbocycles. The first-order chi connectivity index (χ1) is 5.65. The van der Waals surface area contributed by atoms with E-state index in [1.807, 2.05) is 26.0 Å². The summed E-state index contributed by atoms with van der Waals surface area (Å²) in [6, 6.07) is 3.78. The molecule has 0 spiro atoms. The Morgan fingerprint density at radius 3 is 2.67 bits per heavy atom. The van der Waals surface area contributed by atoms with Gasteiger partial charge in [0.05, 0.1) is 10.9 Å². The van der Waals surface area contributed by atoms with Gasteiger partial charge in [0.25, 0.3) is 0 Å². The van der Waals surface area contributed by atoms with Crippen molar-refractivity contribution in [1.82, 2.24) is 5.32 Å². The number of carbonyl (C=O) groups excluding carboxylic acids is 1. The highest BCUT2D eigenvalue weighted by atomic mass is 32.1. The summed E-state index contributed by atoms with van der Waals surface area (Å²) in [6.45, 7) is 3.88. The molecule has 1 aromatic heterocycles. The minimum absolute atomic E-state index is 0.0805. The average molecular weight is 183 g/mol. The fourth-order valence-corrected chi connectivity index (χ4v) is 1.81. The number of carbonyl (C=O) groups is 1. The molecule has 1 rings (SSSR count). The lowest BCUT2D eigenvalue weighted by Crippen LogP contribution is -2.30. The molecule has 0 aliphatic heterocycles. The topological polar surface area (TPSA) is 29.1 Å². The summed E-state index contributed by atoms with van der Waals surface area (Å²) in [5.41, 5.74) is 0. The largest absolute Gasteiger partial charge is 0.310 e. The smallest absolute Gasteiger partial charge is 0.189 e. The van der Waals surface area contributed by atoms with Crippen molar-refractivity contribution in [2.75, 3.05) is 7.05 Å². The molecule has 0 radical (unpaired) electrons. The van der Waals surface area contributed by atoms with E-state index in [1.54, 1.807) is 18.4 Å². The van der Waals surface area contributed by atoms with Crippen molar-refractivity contribution in [3.63, 3.8) is 0 Å². The van der Waals surface area contributed by atoms with Gasteiger partial charge in [-0.1, -0.05) is 0 Å². The lowest BCUT2D eigenvalue weighted by molar-refractivity contribution is 0.0959. The fourth-order valence-electron chi connectivity index (χ4n) is 0.911. The summed E-state index contributed by atoms with van der Waals surface area (Å²) in [6.07, 6.45) is 0. The minimum Gasteiger partial charge on any atom is -0.310 e. The van der Waals surface area contributed by atoms with E-state index in [-0.39, 0.29) is 11.8 Å². The van der Waals surface area contributed by atoms with Crippen LogP contribution < -0.4 is 5.32 Å². The van der Waals surface area contributed by atoms with Crippen molar-refractivity contribution in [3.05, 3.63) is 21.9 Å². The van der Waals surface area contributed by atoms with E-state index in [0.29, 0.717) is 0 Å². The number of ketones is 1. The van der Waals surface area contributed by atoms with Gasteiger partial charge in [0.15, 0.2) is 5.78 Å². The van der Waals surface area contributed by atoms with Crippen LogP contribution in [-0.4, -0.2) is 18.9 Å². The highest BCUT2D eigenvalue weighted by Gasteiger charge is 2.13. The van der Waals surface area contributed by atoms with Crippen LogP contribution in [0.15, 0.2) is 12.1 Å². The number of likely N-dealkylation sites (N-methyl/N-ethyl adjacent to an activating group) is 1. The van der Waals surface area contributed by atoms with Crippen LogP contribution in [0, 0.1) is 6.92 Å². The number of rotatable bonds is 3. The minimum atomic E-state index is -0.0805. The van der Waals surface area contributed by atoms with Crippen LogP contribution >= 0.6 is 11.3 Å². The van der Waals surface area contributed by atoms with Gasteiger partial charge >= 0.3 is 0 Å². The van der Waals surface area contributed by atoms with Crippen molar-refractivity contribution in [2.45, 2.75) is 19.9 Å². The zero-order chi connectivity index (χ0) is 9.14. The summed E-state index contributed by atoms with van der Waals surface area (Å²) in [5.74, 6) is 0.176. The summed E-state index contributed by atoms with van der Waals surface area (Å²) in [7, 11) is 1.79. The third-order valence-electron chi connectivity index (χ3n) is 1.81. The molecule has 0 bridgehead atoms. The second kappa shape index (κ2) is 3.83. The van der Waals surface area contributed by atoms with E-state index in [2.05, 4.69) is 5.32 Å². The van der Waals surface area contributed by atoms with Crippen molar-refractivity contribution < 1.29 is 4.79 Å². The van der Waals surface area contributed by atoms with Gasteiger partial charge in [-0.05, 0) is 33.0 Å². The van der Waals surface area contributed by atoms with Crippen LogP contribution in [0.25, 0.3) is 0 Å². The highest BCUT2D eigenvalue weighted by Crippen LogP contribution is 2.16. The summed E-state index contributed by atoms with van der Waals surface area (Å²) < 4.78 is 0. The van der Waals surface area contributed by atoms with Crippen LogP contribution in [0.2, 0.25) is 0 Å². The molecular formula is C9H13NOS. The monoisotopic (exact) mass is 183 g/mol. The molecule has 1 unspecified atom stereocenters. The lowest BCUT2D eigenvalue weighted by Gasteiger charge is -2.05. The maximum Gasteiger partial charge on any atom is 0.189 e. The average Bonchev–Trinajstić information content (AvgIpc) is 2.49. The summed E-state index contributed by atoms with van der Waals surface area (Å²) >= 11 is 1.55. The third-order valence-corrected chi connectivity index (χ3v) is 2.82. The zero-order valence-electron chi connectivity index (χ0n) is 7.55. The Kier molecular flexibility index (Phi) is 3.00. The van der Waals surface area contributed by atoms with Crippen molar-refractivity contribution in [2.24, 2.45) is 0 Å². The molecule has 1 atom stereocenters. The van der Waals surface area contributed by atoms with E-state index in [4.69, 9.17) is 0 Å². The highest BCUT2D eigenvalue weighted by molar-refractivity contribution is 7.14.